The van der Waals surface area contributed by atoms with Crippen molar-refractivity contribution in [2.24, 2.45) is 0 Å². The molecular weight excluding hydrogens is 452 g/mol. The van der Waals surface area contributed by atoms with Crippen LogP contribution < -0.4 is 10.9 Å². The van der Waals surface area contributed by atoms with Gasteiger partial charge in [-0.25, -0.2) is 4.98 Å². The molecular formula is C24H36N6O3S. The van der Waals surface area contributed by atoms with Crippen molar-refractivity contribution < 1.29 is 9.59 Å². The summed E-state index contributed by atoms with van der Waals surface area (Å²) in [5.41, 5.74) is 0.382. The van der Waals surface area contributed by atoms with E-state index in [1.807, 2.05) is 4.90 Å². The first-order valence-electron chi connectivity index (χ1n) is 12.3. The normalized spacial score (nSPS) is 20.1. The second-order valence-electron chi connectivity index (χ2n) is 9.60. The van der Waals surface area contributed by atoms with Crippen LogP contribution in [0.25, 0.3) is 10.2 Å². The summed E-state index contributed by atoms with van der Waals surface area (Å²) in [6, 6.07) is 0.197. The largest absolute Gasteiger partial charge is 0.351 e. The van der Waals surface area contributed by atoms with Crippen LogP contribution >= 0.6 is 11.3 Å². The van der Waals surface area contributed by atoms with Crippen molar-refractivity contribution in [3.05, 3.63) is 27.1 Å². The van der Waals surface area contributed by atoms with Gasteiger partial charge in [-0.2, -0.15) is 0 Å². The second-order valence-corrected chi connectivity index (χ2v) is 10.6. The van der Waals surface area contributed by atoms with E-state index in [-0.39, 0.29) is 30.0 Å². The molecule has 2 aliphatic rings. The molecule has 2 aliphatic heterocycles. The highest BCUT2D eigenvalue weighted by molar-refractivity contribution is 7.20. The lowest BCUT2D eigenvalue weighted by atomic mass is 10.0. The number of carbonyl (C=O) groups excluding carboxylic acids is 2. The van der Waals surface area contributed by atoms with Crippen LogP contribution in [-0.2, 0) is 11.3 Å². The number of hydrogen-bond donors (Lipinski definition) is 1. The first kappa shape index (κ1) is 24.8. The summed E-state index contributed by atoms with van der Waals surface area (Å²) in [5.74, 6) is -0.218. The van der Waals surface area contributed by atoms with Gasteiger partial charge in [0.05, 0.1) is 16.6 Å². The van der Waals surface area contributed by atoms with E-state index in [4.69, 9.17) is 0 Å². The molecule has 2 amide bonds. The van der Waals surface area contributed by atoms with Crippen molar-refractivity contribution in [3.63, 3.8) is 0 Å². The number of aromatic nitrogens is 2. The molecule has 0 saturated carbocycles. The van der Waals surface area contributed by atoms with Crippen LogP contribution in [0.3, 0.4) is 0 Å². The highest BCUT2D eigenvalue weighted by Crippen LogP contribution is 2.26. The third kappa shape index (κ3) is 5.50. The number of hydrogen-bond acceptors (Lipinski definition) is 7. The van der Waals surface area contributed by atoms with Gasteiger partial charge < -0.3 is 20.0 Å². The summed E-state index contributed by atoms with van der Waals surface area (Å²) in [6.07, 6.45) is 5.45. The van der Waals surface area contributed by atoms with Crippen LogP contribution in [-0.4, -0.2) is 95.0 Å². The van der Waals surface area contributed by atoms with Crippen molar-refractivity contribution in [1.82, 2.24) is 29.6 Å². The number of likely N-dealkylation sites (tertiary alicyclic amines) is 1. The highest BCUT2D eigenvalue weighted by atomic mass is 32.1. The number of likely N-dealkylation sites (N-methyl/N-ethyl adjacent to an activating group) is 1. The quantitative estimate of drug-likeness (QED) is 0.595. The van der Waals surface area contributed by atoms with Gasteiger partial charge in [0.1, 0.15) is 11.4 Å². The molecule has 2 fully saturated rings. The predicted molar refractivity (Wildman–Crippen MR) is 135 cm³/mol. The van der Waals surface area contributed by atoms with E-state index in [1.54, 1.807) is 6.92 Å². The minimum Gasteiger partial charge on any atom is -0.351 e. The maximum absolute atomic E-state index is 13.2. The lowest BCUT2D eigenvalue weighted by Crippen LogP contribution is -2.45. The minimum atomic E-state index is -0.258. The first-order valence-corrected chi connectivity index (χ1v) is 13.1. The smallest absolute Gasteiger partial charge is 0.262 e. The summed E-state index contributed by atoms with van der Waals surface area (Å²) >= 11 is 1.24. The molecule has 0 aliphatic carbocycles. The Bertz CT molecular complexity index is 1090. The highest BCUT2D eigenvalue weighted by Gasteiger charge is 2.25. The Labute approximate surface area is 204 Å². The van der Waals surface area contributed by atoms with E-state index in [0.717, 1.165) is 65.0 Å². The molecule has 1 N–H and O–H groups in total. The number of fused-ring (bicyclic) bond motifs is 1. The molecule has 1 atom stereocenters. The zero-order valence-electron chi connectivity index (χ0n) is 20.5. The number of piperazine rings is 1. The molecule has 4 rings (SSSR count). The van der Waals surface area contributed by atoms with Gasteiger partial charge in [-0.15, -0.1) is 11.3 Å². The van der Waals surface area contributed by atoms with Crippen molar-refractivity contribution in [1.29, 1.82) is 0 Å². The number of carbonyl (C=O) groups is 2. The van der Waals surface area contributed by atoms with Gasteiger partial charge in [-0.3, -0.25) is 19.0 Å². The number of aryl methyl sites for hydroxylation is 1. The fraction of sp³-hybridized carbons (Fsp3) is 0.667. The number of amides is 2. The van der Waals surface area contributed by atoms with Crippen molar-refractivity contribution in [2.75, 3.05) is 52.9 Å². The van der Waals surface area contributed by atoms with Crippen LogP contribution in [0, 0.1) is 6.92 Å². The minimum absolute atomic E-state index is 0.0186. The summed E-state index contributed by atoms with van der Waals surface area (Å²) in [5, 5.41) is 3.44. The Morgan fingerprint density at radius 3 is 2.68 bits per heavy atom. The lowest BCUT2D eigenvalue weighted by molar-refractivity contribution is -0.135. The number of nitrogens with one attached hydrogen (secondary N) is 1. The maximum Gasteiger partial charge on any atom is 0.262 e. The standard InChI is InChI=1S/C24H36N6O3S/c1-17-7-4-5-10-30(17)19(31)15-29-16-26-23-20(24(29)33)18(2)21(34-23)22(32)25-8-6-9-28-13-11-27(3)12-14-28/h16-17H,4-15H2,1-3H3,(H,25,32). The van der Waals surface area contributed by atoms with Crippen LogP contribution in [0.15, 0.2) is 11.1 Å². The average molecular weight is 489 g/mol. The zero-order valence-corrected chi connectivity index (χ0v) is 21.3. The van der Waals surface area contributed by atoms with E-state index in [1.165, 1.54) is 22.2 Å². The fourth-order valence-corrected chi connectivity index (χ4v) is 5.91. The molecule has 0 bridgehead atoms. The Hall–Kier alpha value is -2.30. The number of nitrogens with zero attached hydrogens (tertiary/aromatic N) is 5. The van der Waals surface area contributed by atoms with Gasteiger partial charge >= 0.3 is 0 Å². The number of thiophene rings is 1. The average Bonchev–Trinajstić information content (AvgIpc) is 3.17. The molecule has 34 heavy (non-hydrogen) atoms. The van der Waals surface area contributed by atoms with Crippen molar-refractivity contribution >= 4 is 33.4 Å². The van der Waals surface area contributed by atoms with E-state index in [0.29, 0.717) is 27.2 Å². The molecule has 0 radical (unpaired) electrons. The third-order valence-electron chi connectivity index (χ3n) is 7.09. The Morgan fingerprint density at radius 1 is 1.18 bits per heavy atom. The van der Waals surface area contributed by atoms with Crippen molar-refractivity contribution in [2.45, 2.75) is 52.1 Å². The maximum atomic E-state index is 13.2. The Kier molecular flexibility index (Phi) is 8.00. The van der Waals surface area contributed by atoms with Crippen LogP contribution in [0.5, 0.6) is 0 Å². The Balaban J connectivity index is 1.38. The van der Waals surface area contributed by atoms with Gasteiger partial charge in [-0.1, -0.05) is 0 Å². The molecule has 0 spiro atoms. The van der Waals surface area contributed by atoms with E-state index >= 15 is 0 Å². The van der Waals surface area contributed by atoms with E-state index < -0.39 is 0 Å². The van der Waals surface area contributed by atoms with Crippen LogP contribution in [0.4, 0.5) is 0 Å². The summed E-state index contributed by atoms with van der Waals surface area (Å²) < 4.78 is 1.38. The zero-order chi connectivity index (χ0) is 24.2. The monoisotopic (exact) mass is 488 g/mol. The summed E-state index contributed by atoms with van der Waals surface area (Å²) in [6.45, 7) is 10.4. The lowest BCUT2D eigenvalue weighted by Gasteiger charge is -2.33. The summed E-state index contributed by atoms with van der Waals surface area (Å²) in [4.78, 5) is 50.9. The topological polar surface area (TPSA) is 90.8 Å². The van der Waals surface area contributed by atoms with Gasteiger partial charge in [0, 0.05) is 45.3 Å². The van der Waals surface area contributed by atoms with Crippen molar-refractivity contribution in [3.8, 4) is 0 Å². The summed E-state index contributed by atoms with van der Waals surface area (Å²) in [7, 11) is 2.14. The van der Waals surface area contributed by atoms with E-state index in [9.17, 15) is 14.4 Å². The molecule has 186 valence electrons. The number of rotatable bonds is 7. The van der Waals surface area contributed by atoms with Gasteiger partial charge in [0.15, 0.2) is 0 Å². The molecule has 1 unspecified atom stereocenters. The van der Waals surface area contributed by atoms with Gasteiger partial charge in [-0.05, 0) is 58.7 Å². The first-order chi connectivity index (χ1) is 16.3. The predicted octanol–water partition coefficient (Wildman–Crippen LogP) is 1.53. The van der Waals surface area contributed by atoms with Gasteiger partial charge in [0.25, 0.3) is 11.5 Å². The van der Waals surface area contributed by atoms with Crippen LogP contribution in [0.1, 0.15) is 47.8 Å². The Morgan fingerprint density at radius 2 is 1.94 bits per heavy atom. The molecule has 2 aromatic rings. The molecule has 10 heteroatoms. The molecule has 2 aromatic heterocycles. The van der Waals surface area contributed by atoms with Crippen LogP contribution in [0.2, 0.25) is 0 Å². The molecule has 4 heterocycles. The second kappa shape index (κ2) is 11.0. The van der Waals surface area contributed by atoms with Gasteiger partial charge in [0.2, 0.25) is 5.91 Å². The molecule has 2 saturated heterocycles. The third-order valence-corrected chi connectivity index (χ3v) is 8.28. The fourth-order valence-electron chi connectivity index (χ4n) is 4.85. The SMILES string of the molecule is Cc1c(C(=O)NCCCN2CCN(C)CC2)sc2ncn(CC(=O)N3CCCCC3C)c(=O)c12. The molecule has 0 aromatic carbocycles. The molecule has 9 nitrogen and oxygen atoms in total. The van der Waals surface area contributed by atoms with E-state index in [2.05, 4.69) is 34.1 Å². The number of piperidine rings is 1.